The number of anilines is 2. The second-order valence-electron chi connectivity index (χ2n) is 5.11. The van der Waals surface area contributed by atoms with Gasteiger partial charge in [-0.2, -0.15) is 5.26 Å². The largest absolute Gasteiger partial charge is 0.399 e. The van der Waals surface area contributed by atoms with Crippen LogP contribution < -0.4 is 10.6 Å². The van der Waals surface area contributed by atoms with Gasteiger partial charge in [0, 0.05) is 25.5 Å². The Morgan fingerprint density at radius 3 is 2.15 bits per heavy atom. The molecule has 0 fully saturated rings. The molecule has 0 bridgehead atoms. The number of hydrogen-bond donors (Lipinski definition) is 1. The minimum Gasteiger partial charge on any atom is -0.399 e. The highest BCUT2D eigenvalue weighted by Gasteiger charge is 2.11. The van der Waals surface area contributed by atoms with E-state index >= 15 is 0 Å². The van der Waals surface area contributed by atoms with E-state index in [0.717, 1.165) is 16.9 Å². The molecule has 0 aliphatic carbocycles. The number of nitrogens with two attached hydrogens (primary N) is 1. The fourth-order valence-electron chi connectivity index (χ4n) is 2.13. The molecule has 0 saturated heterocycles. The summed E-state index contributed by atoms with van der Waals surface area (Å²) in [4.78, 5) is 2.06. The Balaban J connectivity index is 2.14. The number of nitrogen functional groups attached to an aromatic ring is 1. The van der Waals surface area contributed by atoms with Gasteiger partial charge in [-0.1, -0.05) is 24.3 Å². The molecule has 2 aromatic rings. The van der Waals surface area contributed by atoms with Gasteiger partial charge >= 0.3 is 0 Å². The first-order valence-corrected chi connectivity index (χ1v) is 6.61. The first-order chi connectivity index (χ1) is 9.60. The molecule has 3 heteroatoms. The molecular formula is C17H19N3. The third-order valence-corrected chi connectivity index (χ3v) is 3.39. The highest BCUT2D eigenvalue weighted by Crippen LogP contribution is 2.22. The smallest absolute Gasteiger partial charge is 0.0753 e. The maximum absolute atomic E-state index is 9.36. The molecule has 0 saturated carbocycles. The van der Waals surface area contributed by atoms with Crippen LogP contribution in [0.2, 0.25) is 0 Å². The summed E-state index contributed by atoms with van der Waals surface area (Å²) in [5, 5.41) is 9.36. The monoisotopic (exact) mass is 265 g/mol. The topological polar surface area (TPSA) is 53.0 Å². The number of hydrogen-bond acceptors (Lipinski definition) is 3. The first-order valence-electron chi connectivity index (χ1n) is 6.61. The van der Waals surface area contributed by atoms with Gasteiger partial charge in [0.15, 0.2) is 0 Å². The molecule has 0 aliphatic rings. The van der Waals surface area contributed by atoms with Crippen LogP contribution in [-0.2, 0) is 6.42 Å². The summed E-state index contributed by atoms with van der Waals surface area (Å²) < 4.78 is 0. The quantitative estimate of drug-likeness (QED) is 0.864. The fraction of sp³-hybridized carbons (Fsp3) is 0.235. The van der Waals surface area contributed by atoms with E-state index in [2.05, 4.69) is 35.2 Å². The van der Waals surface area contributed by atoms with Crippen molar-refractivity contribution in [1.82, 2.24) is 0 Å². The second-order valence-corrected chi connectivity index (χ2v) is 5.11. The average Bonchev–Trinajstić information content (AvgIpc) is 2.46. The maximum Gasteiger partial charge on any atom is 0.0753 e. The van der Waals surface area contributed by atoms with E-state index in [0.29, 0.717) is 6.42 Å². The van der Waals surface area contributed by atoms with Crippen molar-refractivity contribution in [3.63, 3.8) is 0 Å². The molecular weight excluding hydrogens is 246 g/mol. The Kier molecular flexibility index (Phi) is 4.27. The van der Waals surface area contributed by atoms with Crippen molar-refractivity contribution in [1.29, 1.82) is 5.26 Å². The fourth-order valence-corrected chi connectivity index (χ4v) is 2.13. The van der Waals surface area contributed by atoms with Crippen LogP contribution in [0.15, 0.2) is 48.5 Å². The van der Waals surface area contributed by atoms with Crippen molar-refractivity contribution in [3.05, 3.63) is 59.7 Å². The Morgan fingerprint density at radius 1 is 1.05 bits per heavy atom. The number of rotatable bonds is 4. The van der Waals surface area contributed by atoms with Crippen LogP contribution in [0.1, 0.15) is 17.0 Å². The minimum atomic E-state index is -0.138. The molecule has 0 amide bonds. The zero-order valence-corrected chi connectivity index (χ0v) is 11.9. The van der Waals surface area contributed by atoms with Gasteiger partial charge in [0.05, 0.1) is 12.0 Å². The van der Waals surface area contributed by atoms with Crippen LogP contribution in [0, 0.1) is 11.3 Å². The summed E-state index contributed by atoms with van der Waals surface area (Å²) in [5.74, 6) is -0.138. The molecule has 102 valence electrons. The normalized spacial score (nSPS) is 11.7. The number of nitriles is 1. The Morgan fingerprint density at radius 2 is 1.65 bits per heavy atom. The van der Waals surface area contributed by atoms with E-state index in [-0.39, 0.29) is 5.92 Å². The van der Waals surface area contributed by atoms with Gasteiger partial charge < -0.3 is 10.6 Å². The lowest BCUT2D eigenvalue weighted by Crippen LogP contribution is -2.08. The Labute approximate surface area is 120 Å². The lowest BCUT2D eigenvalue weighted by molar-refractivity contribution is 0.849. The van der Waals surface area contributed by atoms with Crippen molar-refractivity contribution in [3.8, 4) is 6.07 Å². The molecule has 1 atom stereocenters. The van der Waals surface area contributed by atoms with E-state index < -0.39 is 0 Å². The summed E-state index contributed by atoms with van der Waals surface area (Å²) >= 11 is 0. The molecule has 0 unspecified atom stereocenters. The van der Waals surface area contributed by atoms with Gasteiger partial charge in [0.25, 0.3) is 0 Å². The van der Waals surface area contributed by atoms with E-state index in [1.54, 1.807) is 0 Å². The standard InChI is InChI=1S/C17H19N3/c1-20(2)17-9-3-13(4-10-17)11-15(12-18)14-5-7-16(19)8-6-14/h3-10,15H,11,19H2,1-2H3/t15-/m0/s1. The van der Waals surface area contributed by atoms with E-state index in [9.17, 15) is 5.26 Å². The van der Waals surface area contributed by atoms with Gasteiger partial charge in [-0.05, 0) is 41.8 Å². The molecule has 0 aliphatic heterocycles. The second kappa shape index (κ2) is 6.12. The third-order valence-electron chi connectivity index (χ3n) is 3.39. The Hall–Kier alpha value is -2.47. The van der Waals surface area contributed by atoms with Crippen LogP contribution in [0.25, 0.3) is 0 Å². The van der Waals surface area contributed by atoms with Crippen LogP contribution >= 0.6 is 0 Å². The van der Waals surface area contributed by atoms with Crippen molar-refractivity contribution >= 4 is 11.4 Å². The van der Waals surface area contributed by atoms with Crippen LogP contribution in [0.5, 0.6) is 0 Å². The van der Waals surface area contributed by atoms with Gasteiger partial charge in [0.1, 0.15) is 0 Å². The van der Waals surface area contributed by atoms with Crippen molar-refractivity contribution in [2.75, 3.05) is 24.7 Å². The zero-order valence-electron chi connectivity index (χ0n) is 11.9. The summed E-state index contributed by atoms with van der Waals surface area (Å²) in [5.41, 5.74) is 9.74. The maximum atomic E-state index is 9.36. The third kappa shape index (κ3) is 3.30. The van der Waals surface area contributed by atoms with Crippen molar-refractivity contribution in [2.45, 2.75) is 12.3 Å². The van der Waals surface area contributed by atoms with Gasteiger partial charge in [-0.25, -0.2) is 0 Å². The van der Waals surface area contributed by atoms with Crippen LogP contribution in [0.3, 0.4) is 0 Å². The summed E-state index contributed by atoms with van der Waals surface area (Å²) in [6, 6.07) is 18.2. The van der Waals surface area contributed by atoms with E-state index in [1.807, 2.05) is 38.4 Å². The summed E-state index contributed by atoms with van der Waals surface area (Å²) in [6.07, 6.45) is 0.716. The molecule has 20 heavy (non-hydrogen) atoms. The average molecular weight is 265 g/mol. The molecule has 2 aromatic carbocycles. The van der Waals surface area contributed by atoms with E-state index in [1.165, 1.54) is 5.56 Å². The predicted molar refractivity (Wildman–Crippen MR) is 83.7 cm³/mol. The molecule has 3 nitrogen and oxygen atoms in total. The highest BCUT2D eigenvalue weighted by molar-refractivity contribution is 5.47. The SMILES string of the molecule is CN(C)c1ccc(C[C@@H](C#N)c2ccc(N)cc2)cc1. The molecule has 2 rings (SSSR count). The van der Waals surface area contributed by atoms with Gasteiger partial charge in [-0.15, -0.1) is 0 Å². The van der Waals surface area contributed by atoms with Gasteiger partial charge in [0.2, 0.25) is 0 Å². The zero-order chi connectivity index (χ0) is 14.5. The lowest BCUT2D eigenvalue weighted by atomic mass is 9.93. The van der Waals surface area contributed by atoms with Crippen LogP contribution in [-0.4, -0.2) is 14.1 Å². The molecule has 0 spiro atoms. The predicted octanol–water partition coefficient (Wildman–Crippen LogP) is 3.18. The molecule has 2 N–H and O–H groups in total. The first kappa shape index (κ1) is 14.0. The van der Waals surface area contributed by atoms with Crippen LogP contribution in [0.4, 0.5) is 11.4 Å². The van der Waals surface area contributed by atoms with Gasteiger partial charge in [-0.3, -0.25) is 0 Å². The molecule has 0 heterocycles. The Bertz CT molecular complexity index is 592. The number of nitrogens with zero attached hydrogens (tertiary/aromatic N) is 2. The van der Waals surface area contributed by atoms with E-state index in [4.69, 9.17) is 5.73 Å². The summed E-state index contributed by atoms with van der Waals surface area (Å²) in [6.45, 7) is 0. The highest BCUT2D eigenvalue weighted by atomic mass is 15.1. The lowest BCUT2D eigenvalue weighted by Gasteiger charge is -2.14. The minimum absolute atomic E-state index is 0.138. The molecule has 0 radical (unpaired) electrons. The number of benzene rings is 2. The van der Waals surface area contributed by atoms with Crippen molar-refractivity contribution in [2.24, 2.45) is 0 Å². The molecule has 0 aromatic heterocycles. The summed E-state index contributed by atoms with van der Waals surface area (Å²) in [7, 11) is 4.03. The van der Waals surface area contributed by atoms with Crippen molar-refractivity contribution < 1.29 is 0 Å².